The second kappa shape index (κ2) is 5.17. The fourth-order valence-corrected chi connectivity index (χ4v) is 2.47. The van der Waals surface area contributed by atoms with E-state index in [0.717, 1.165) is 24.4 Å². The summed E-state index contributed by atoms with van der Waals surface area (Å²) in [5.41, 5.74) is 2.44. The van der Waals surface area contributed by atoms with E-state index in [2.05, 4.69) is 54.5 Å². The SMILES string of the molecule is CCNCc1cc(N(C)C2CC2)nc2ccccc12. The number of para-hydroxylation sites is 1. The molecule has 0 saturated heterocycles. The van der Waals surface area contributed by atoms with Crippen molar-refractivity contribution in [1.82, 2.24) is 10.3 Å². The molecular formula is C16H21N3. The molecule has 2 aromatic rings. The van der Waals surface area contributed by atoms with Crippen LogP contribution in [0.3, 0.4) is 0 Å². The highest BCUT2D eigenvalue weighted by molar-refractivity contribution is 5.84. The van der Waals surface area contributed by atoms with E-state index in [-0.39, 0.29) is 0 Å². The predicted octanol–water partition coefficient (Wildman–Crippen LogP) is 2.94. The summed E-state index contributed by atoms with van der Waals surface area (Å²) in [5.74, 6) is 1.11. The Morgan fingerprint density at radius 3 is 2.84 bits per heavy atom. The van der Waals surface area contributed by atoms with Crippen LogP contribution in [0, 0.1) is 0 Å². The molecular weight excluding hydrogens is 234 g/mol. The normalized spacial score (nSPS) is 14.8. The molecule has 0 atom stereocenters. The molecule has 100 valence electrons. The topological polar surface area (TPSA) is 28.2 Å². The standard InChI is InChI=1S/C16H21N3/c1-3-17-11-12-10-16(19(2)13-8-9-13)18-15-7-5-4-6-14(12)15/h4-7,10,13,17H,3,8-9,11H2,1-2H3. The third-order valence-corrected chi connectivity index (χ3v) is 3.81. The minimum atomic E-state index is 0.695. The van der Waals surface area contributed by atoms with Crippen molar-refractivity contribution in [1.29, 1.82) is 0 Å². The first kappa shape index (κ1) is 12.4. The van der Waals surface area contributed by atoms with Crippen molar-refractivity contribution in [2.24, 2.45) is 0 Å². The zero-order valence-corrected chi connectivity index (χ0v) is 11.7. The van der Waals surface area contributed by atoms with Gasteiger partial charge in [0, 0.05) is 25.0 Å². The van der Waals surface area contributed by atoms with E-state index in [1.165, 1.54) is 23.8 Å². The average Bonchev–Trinajstić information content (AvgIpc) is 3.28. The molecule has 1 heterocycles. The summed E-state index contributed by atoms with van der Waals surface area (Å²) in [6.45, 7) is 4.04. The van der Waals surface area contributed by atoms with Crippen molar-refractivity contribution < 1.29 is 0 Å². The van der Waals surface area contributed by atoms with Crippen LogP contribution in [0.5, 0.6) is 0 Å². The number of aromatic nitrogens is 1. The Morgan fingerprint density at radius 2 is 2.11 bits per heavy atom. The van der Waals surface area contributed by atoms with Crippen molar-refractivity contribution in [2.75, 3.05) is 18.5 Å². The number of hydrogen-bond donors (Lipinski definition) is 1. The Kier molecular flexibility index (Phi) is 3.38. The van der Waals surface area contributed by atoms with Crippen LogP contribution in [0.25, 0.3) is 10.9 Å². The lowest BCUT2D eigenvalue weighted by Gasteiger charge is -2.19. The van der Waals surface area contributed by atoms with E-state index in [4.69, 9.17) is 4.98 Å². The van der Waals surface area contributed by atoms with Gasteiger partial charge in [0.2, 0.25) is 0 Å². The maximum absolute atomic E-state index is 4.80. The molecule has 3 rings (SSSR count). The summed E-state index contributed by atoms with van der Waals surface area (Å²) in [4.78, 5) is 7.12. The Labute approximate surface area is 114 Å². The van der Waals surface area contributed by atoms with Crippen LogP contribution >= 0.6 is 0 Å². The van der Waals surface area contributed by atoms with Gasteiger partial charge in [0.05, 0.1) is 5.52 Å². The molecule has 3 nitrogen and oxygen atoms in total. The summed E-state index contributed by atoms with van der Waals surface area (Å²) in [6, 6.07) is 11.4. The van der Waals surface area contributed by atoms with Crippen molar-refractivity contribution in [2.45, 2.75) is 32.4 Å². The fourth-order valence-electron chi connectivity index (χ4n) is 2.47. The largest absolute Gasteiger partial charge is 0.357 e. The molecule has 1 aromatic carbocycles. The summed E-state index contributed by atoms with van der Waals surface area (Å²) < 4.78 is 0. The molecule has 1 aliphatic rings. The average molecular weight is 255 g/mol. The van der Waals surface area contributed by atoms with Crippen LogP contribution in [-0.4, -0.2) is 24.6 Å². The first-order chi connectivity index (χ1) is 9.29. The minimum Gasteiger partial charge on any atom is -0.357 e. The van der Waals surface area contributed by atoms with Crippen LogP contribution < -0.4 is 10.2 Å². The van der Waals surface area contributed by atoms with E-state index >= 15 is 0 Å². The molecule has 0 bridgehead atoms. The summed E-state index contributed by atoms with van der Waals surface area (Å²) in [7, 11) is 2.16. The molecule has 0 aliphatic heterocycles. The zero-order chi connectivity index (χ0) is 13.2. The highest BCUT2D eigenvalue weighted by Gasteiger charge is 2.27. The lowest BCUT2D eigenvalue weighted by Crippen LogP contribution is -2.21. The molecule has 1 N–H and O–H groups in total. The molecule has 0 radical (unpaired) electrons. The zero-order valence-electron chi connectivity index (χ0n) is 11.7. The maximum Gasteiger partial charge on any atom is 0.129 e. The number of hydrogen-bond acceptors (Lipinski definition) is 3. The summed E-state index contributed by atoms with van der Waals surface area (Å²) >= 11 is 0. The predicted molar refractivity (Wildman–Crippen MR) is 80.5 cm³/mol. The number of pyridine rings is 1. The molecule has 1 saturated carbocycles. The van der Waals surface area contributed by atoms with Gasteiger partial charge in [0.1, 0.15) is 5.82 Å². The van der Waals surface area contributed by atoms with E-state index in [1.807, 2.05) is 0 Å². The number of fused-ring (bicyclic) bond motifs is 1. The van der Waals surface area contributed by atoms with Crippen LogP contribution in [0.15, 0.2) is 30.3 Å². The van der Waals surface area contributed by atoms with Gasteiger partial charge in [-0.05, 0) is 37.1 Å². The van der Waals surface area contributed by atoms with Crippen molar-refractivity contribution in [3.05, 3.63) is 35.9 Å². The molecule has 0 amide bonds. The summed E-state index contributed by atoms with van der Waals surface area (Å²) in [6.07, 6.45) is 2.60. The van der Waals surface area contributed by atoms with Gasteiger partial charge >= 0.3 is 0 Å². The van der Waals surface area contributed by atoms with Crippen molar-refractivity contribution >= 4 is 16.7 Å². The molecule has 0 unspecified atom stereocenters. The van der Waals surface area contributed by atoms with Gasteiger partial charge in [-0.2, -0.15) is 0 Å². The van der Waals surface area contributed by atoms with E-state index in [0.29, 0.717) is 6.04 Å². The van der Waals surface area contributed by atoms with Gasteiger partial charge < -0.3 is 10.2 Å². The number of nitrogens with one attached hydrogen (secondary N) is 1. The maximum atomic E-state index is 4.80. The second-order valence-electron chi connectivity index (χ2n) is 5.28. The number of benzene rings is 1. The van der Waals surface area contributed by atoms with Crippen LogP contribution in [-0.2, 0) is 6.54 Å². The van der Waals surface area contributed by atoms with E-state index in [9.17, 15) is 0 Å². The van der Waals surface area contributed by atoms with Gasteiger partial charge in [-0.15, -0.1) is 0 Å². The third-order valence-electron chi connectivity index (χ3n) is 3.81. The first-order valence-corrected chi connectivity index (χ1v) is 7.12. The smallest absolute Gasteiger partial charge is 0.129 e. The number of anilines is 1. The van der Waals surface area contributed by atoms with Gasteiger partial charge in [-0.1, -0.05) is 25.1 Å². The molecule has 0 spiro atoms. The fraction of sp³-hybridized carbons (Fsp3) is 0.438. The Morgan fingerprint density at radius 1 is 1.32 bits per heavy atom. The first-order valence-electron chi connectivity index (χ1n) is 7.12. The van der Waals surface area contributed by atoms with Crippen molar-refractivity contribution in [3.63, 3.8) is 0 Å². The minimum absolute atomic E-state index is 0.695. The van der Waals surface area contributed by atoms with Crippen LogP contribution in [0.1, 0.15) is 25.3 Å². The molecule has 3 heteroatoms. The lowest BCUT2D eigenvalue weighted by atomic mass is 10.1. The lowest BCUT2D eigenvalue weighted by molar-refractivity contribution is 0.729. The van der Waals surface area contributed by atoms with E-state index in [1.54, 1.807) is 0 Å². The Hall–Kier alpha value is -1.61. The van der Waals surface area contributed by atoms with Crippen molar-refractivity contribution in [3.8, 4) is 0 Å². The Balaban J connectivity index is 2.03. The van der Waals surface area contributed by atoms with Gasteiger partial charge in [-0.3, -0.25) is 0 Å². The van der Waals surface area contributed by atoms with Gasteiger partial charge in [0.15, 0.2) is 0 Å². The quantitative estimate of drug-likeness (QED) is 0.890. The second-order valence-corrected chi connectivity index (χ2v) is 5.28. The highest BCUT2D eigenvalue weighted by atomic mass is 15.2. The molecule has 19 heavy (non-hydrogen) atoms. The number of rotatable bonds is 5. The van der Waals surface area contributed by atoms with Gasteiger partial charge in [-0.25, -0.2) is 4.98 Å². The van der Waals surface area contributed by atoms with Crippen LogP contribution in [0.2, 0.25) is 0 Å². The van der Waals surface area contributed by atoms with Crippen LogP contribution in [0.4, 0.5) is 5.82 Å². The third kappa shape index (κ3) is 2.56. The van der Waals surface area contributed by atoms with E-state index < -0.39 is 0 Å². The molecule has 1 fully saturated rings. The Bertz CT molecular complexity index is 575. The highest BCUT2D eigenvalue weighted by Crippen LogP contribution is 2.31. The molecule has 1 aromatic heterocycles. The number of nitrogens with zero attached hydrogens (tertiary/aromatic N) is 2. The monoisotopic (exact) mass is 255 g/mol. The molecule has 1 aliphatic carbocycles. The summed E-state index contributed by atoms with van der Waals surface area (Å²) in [5, 5.41) is 4.68. The van der Waals surface area contributed by atoms with Gasteiger partial charge in [0.25, 0.3) is 0 Å².